The SMILES string of the molecule is C1=CCCC(C2(c3ccccc3)c3ccccc3-c3c(-c4ccc(N(c5ccc(-c6ccccc6)cc5)c5cccc(-c6ccccc6)c5)cc4)cc4ccccc4c32)=C1. The van der Waals surface area contributed by atoms with Crippen LogP contribution in [0, 0.1) is 0 Å². The van der Waals surface area contributed by atoms with E-state index in [4.69, 9.17) is 0 Å². The lowest BCUT2D eigenvalue weighted by Crippen LogP contribution is -2.30. The number of allylic oxidation sites excluding steroid dienone is 4. The lowest BCUT2D eigenvalue weighted by atomic mass is 9.64. The summed E-state index contributed by atoms with van der Waals surface area (Å²) in [5.41, 5.74) is 18.3. The Hall–Kier alpha value is -7.48. The first-order chi connectivity index (χ1) is 29.8. The van der Waals surface area contributed by atoms with Gasteiger partial charge in [0.15, 0.2) is 0 Å². The molecule has 0 N–H and O–H groups in total. The summed E-state index contributed by atoms with van der Waals surface area (Å²) in [5.74, 6) is 0. The Bertz CT molecular complexity index is 3050. The second-order valence-electron chi connectivity index (χ2n) is 15.9. The maximum Gasteiger partial charge on any atom is 0.0682 e. The fourth-order valence-electron chi connectivity index (χ4n) is 9.96. The van der Waals surface area contributed by atoms with Crippen LogP contribution in [0.25, 0.3) is 55.3 Å². The quantitative estimate of drug-likeness (QED) is 0.149. The first kappa shape index (κ1) is 35.7. The fourth-order valence-corrected chi connectivity index (χ4v) is 9.96. The molecule has 284 valence electrons. The van der Waals surface area contributed by atoms with Gasteiger partial charge in [-0.05, 0) is 127 Å². The van der Waals surface area contributed by atoms with E-state index in [-0.39, 0.29) is 0 Å². The van der Waals surface area contributed by atoms with Crippen LogP contribution in [-0.4, -0.2) is 0 Å². The van der Waals surface area contributed by atoms with E-state index >= 15 is 0 Å². The van der Waals surface area contributed by atoms with E-state index in [2.05, 4.69) is 242 Å². The van der Waals surface area contributed by atoms with E-state index in [9.17, 15) is 0 Å². The van der Waals surface area contributed by atoms with Crippen LogP contribution in [0.1, 0.15) is 29.5 Å². The third kappa shape index (κ3) is 5.93. The summed E-state index contributed by atoms with van der Waals surface area (Å²) in [6, 6.07) is 80.3. The smallest absolute Gasteiger partial charge is 0.0682 e. The zero-order valence-electron chi connectivity index (χ0n) is 33.4. The molecule has 60 heavy (non-hydrogen) atoms. The van der Waals surface area contributed by atoms with E-state index in [1.165, 1.54) is 77.5 Å². The zero-order valence-corrected chi connectivity index (χ0v) is 33.4. The molecular weight excluding hydrogens is 723 g/mol. The molecule has 9 aromatic carbocycles. The average molecular weight is 766 g/mol. The molecule has 1 nitrogen and oxygen atoms in total. The van der Waals surface area contributed by atoms with Gasteiger partial charge in [0.2, 0.25) is 0 Å². The summed E-state index contributed by atoms with van der Waals surface area (Å²) < 4.78 is 0. The van der Waals surface area contributed by atoms with Crippen molar-refractivity contribution in [2.45, 2.75) is 18.3 Å². The van der Waals surface area contributed by atoms with Crippen LogP contribution < -0.4 is 4.90 Å². The van der Waals surface area contributed by atoms with E-state index < -0.39 is 5.41 Å². The average Bonchev–Trinajstić information content (AvgIpc) is 3.65. The molecule has 1 unspecified atom stereocenters. The van der Waals surface area contributed by atoms with Crippen LogP contribution >= 0.6 is 0 Å². The first-order valence-electron chi connectivity index (χ1n) is 21.1. The van der Waals surface area contributed by atoms with Crippen molar-refractivity contribution >= 4 is 27.8 Å². The molecule has 1 heteroatoms. The molecule has 0 bridgehead atoms. The van der Waals surface area contributed by atoms with Gasteiger partial charge in [-0.25, -0.2) is 0 Å². The minimum atomic E-state index is -0.417. The van der Waals surface area contributed by atoms with Gasteiger partial charge in [-0.1, -0.05) is 200 Å². The predicted molar refractivity (Wildman–Crippen MR) is 253 cm³/mol. The Balaban J connectivity index is 1.10. The number of rotatable bonds is 8. The zero-order chi connectivity index (χ0) is 39.9. The molecule has 0 saturated heterocycles. The maximum atomic E-state index is 2.43. The summed E-state index contributed by atoms with van der Waals surface area (Å²) in [6.45, 7) is 0. The van der Waals surface area contributed by atoms with Crippen molar-refractivity contribution in [2.75, 3.05) is 4.90 Å². The summed E-state index contributed by atoms with van der Waals surface area (Å²) >= 11 is 0. The van der Waals surface area contributed by atoms with E-state index in [0.29, 0.717) is 0 Å². The van der Waals surface area contributed by atoms with Crippen molar-refractivity contribution in [1.29, 1.82) is 0 Å². The molecule has 0 radical (unpaired) electrons. The van der Waals surface area contributed by atoms with Crippen molar-refractivity contribution in [2.24, 2.45) is 0 Å². The van der Waals surface area contributed by atoms with E-state index in [1.807, 2.05) is 0 Å². The van der Waals surface area contributed by atoms with E-state index in [1.54, 1.807) is 0 Å². The molecule has 0 amide bonds. The van der Waals surface area contributed by atoms with Gasteiger partial charge >= 0.3 is 0 Å². The standard InChI is InChI=1S/C59H43N/c1-5-18-42(19-6-1)44-32-36-50(37-33-44)60(52-28-17-23-46(40-52)43-20-7-2-8-21-43)51-38-34-45(35-39-51)55-41-47-22-13-14-29-53(47)58-57(55)54-30-15-16-31-56(54)59(58,48-24-9-3-10-25-48)49-26-11-4-12-27-49/h1-11,13-26,28-41H,12,27H2. The summed E-state index contributed by atoms with van der Waals surface area (Å²) in [4.78, 5) is 2.38. The molecule has 9 aromatic rings. The minimum absolute atomic E-state index is 0.417. The van der Waals surface area contributed by atoms with Gasteiger partial charge < -0.3 is 4.90 Å². The van der Waals surface area contributed by atoms with Gasteiger partial charge in [0.25, 0.3) is 0 Å². The highest BCUT2D eigenvalue weighted by Crippen LogP contribution is 2.61. The van der Waals surface area contributed by atoms with Crippen molar-refractivity contribution in [3.63, 3.8) is 0 Å². The van der Waals surface area contributed by atoms with Gasteiger partial charge in [0.1, 0.15) is 0 Å². The highest BCUT2D eigenvalue weighted by molar-refractivity contribution is 6.07. The van der Waals surface area contributed by atoms with Crippen molar-refractivity contribution in [1.82, 2.24) is 0 Å². The van der Waals surface area contributed by atoms with Crippen LogP contribution in [0.2, 0.25) is 0 Å². The lowest BCUT2D eigenvalue weighted by molar-refractivity contribution is 0.697. The number of nitrogens with zero attached hydrogens (tertiary/aromatic N) is 1. The first-order valence-corrected chi connectivity index (χ1v) is 21.1. The fraction of sp³-hybridized carbons (Fsp3) is 0.0508. The molecule has 0 spiro atoms. The van der Waals surface area contributed by atoms with Crippen LogP contribution in [0.3, 0.4) is 0 Å². The molecule has 0 aromatic heterocycles. The molecule has 2 aliphatic rings. The predicted octanol–water partition coefficient (Wildman–Crippen LogP) is 15.9. The molecule has 0 aliphatic heterocycles. The second-order valence-corrected chi connectivity index (χ2v) is 15.9. The number of hydrogen-bond acceptors (Lipinski definition) is 1. The topological polar surface area (TPSA) is 3.24 Å². The largest absolute Gasteiger partial charge is 0.310 e. The third-order valence-electron chi connectivity index (χ3n) is 12.6. The third-order valence-corrected chi connectivity index (χ3v) is 12.6. The Morgan fingerprint density at radius 2 is 1.00 bits per heavy atom. The summed E-state index contributed by atoms with van der Waals surface area (Å²) in [5, 5.41) is 2.57. The van der Waals surface area contributed by atoms with Crippen molar-refractivity contribution in [3.8, 4) is 44.5 Å². The van der Waals surface area contributed by atoms with Gasteiger partial charge in [-0.2, -0.15) is 0 Å². The highest BCUT2D eigenvalue weighted by atomic mass is 15.1. The Morgan fingerprint density at radius 1 is 0.417 bits per heavy atom. The van der Waals surface area contributed by atoms with Crippen LogP contribution in [-0.2, 0) is 5.41 Å². The van der Waals surface area contributed by atoms with Gasteiger partial charge in [-0.15, -0.1) is 0 Å². The van der Waals surface area contributed by atoms with Crippen molar-refractivity contribution in [3.05, 3.63) is 259 Å². The molecule has 0 heterocycles. The summed E-state index contributed by atoms with van der Waals surface area (Å²) in [7, 11) is 0. The van der Waals surface area contributed by atoms with Gasteiger partial charge in [0.05, 0.1) is 5.41 Å². The van der Waals surface area contributed by atoms with Crippen LogP contribution in [0.5, 0.6) is 0 Å². The minimum Gasteiger partial charge on any atom is -0.310 e. The molecule has 0 fully saturated rings. The number of benzene rings is 9. The Labute approximate surface area is 352 Å². The normalized spacial score (nSPS) is 15.3. The molecule has 2 aliphatic carbocycles. The Kier molecular flexibility index (Phi) is 8.94. The monoisotopic (exact) mass is 765 g/mol. The van der Waals surface area contributed by atoms with E-state index in [0.717, 1.165) is 29.9 Å². The van der Waals surface area contributed by atoms with Gasteiger partial charge in [0, 0.05) is 17.1 Å². The highest BCUT2D eigenvalue weighted by Gasteiger charge is 2.49. The Morgan fingerprint density at radius 3 is 1.70 bits per heavy atom. The van der Waals surface area contributed by atoms with Crippen LogP contribution in [0.4, 0.5) is 17.1 Å². The maximum absolute atomic E-state index is 2.43. The van der Waals surface area contributed by atoms with Gasteiger partial charge in [-0.3, -0.25) is 0 Å². The second kappa shape index (κ2) is 15.0. The molecule has 0 saturated carbocycles. The molecule has 11 rings (SSSR count). The van der Waals surface area contributed by atoms with Crippen LogP contribution in [0.15, 0.2) is 242 Å². The molecule has 1 atom stereocenters. The number of fused-ring (bicyclic) bond motifs is 5. The number of hydrogen-bond donors (Lipinski definition) is 0. The lowest BCUT2D eigenvalue weighted by Gasteiger charge is -2.37. The number of anilines is 3. The summed E-state index contributed by atoms with van der Waals surface area (Å²) in [6.07, 6.45) is 9.02. The van der Waals surface area contributed by atoms with Crippen molar-refractivity contribution < 1.29 is 0 Å². The molecular formula is C59H43N.